The van der Waals surface area contributed by atoms with Crippen molar-refractivity contribution in [3.63, 3.8) is 0 Å². The SMILES string of the molecule is Cc1cc(C)cc(C(=O)N2CCCC(n3cc(-c4nc(C)no4)nn3)C2)c1. The molecule has 3 heterocycles. The quantitative estimate of drug-likeness (QED) is 0.708. The molecule has 1 fully saturated rings. The molecule has 1 aliphatic rings. The Balaban J connectivity index is 1.51. The van der Waals surface area contributed by atoms with Crippen LogP contribution < -0.4 is 0 Å². The van der Waals surface area contributed by atoms with E-state index >= 15 is 0 Å². The summed E-state index contributed by atoms with van der Waals surface area (Å²) in [5.74, 6) is 0.986. The van der Waals surface area contributed by atoms with E-state index in [-0.39, 0.29) is 11.9 Å². The molecule has 2 aromatic heterocycles. The second-order valence-corrected chi connectivity index (χ2v) is 7.15. The molecular weight excluding hydrogens is 344 g/mol. The highest BCUT2D eigenvalue weighted by Gasteiger charge is 2.27. The first-order valence-corrected chi connectivity index (χ1v) is 9.09. The Hall–Kier alpha value is -3.03. The summed E-state index contributed by atoms with van der Waals surface area (Å²) in [6.45, 7) is 7.15. The normalized spacial score (nSPS) is 17.3. The summed E-state index contributed by atoms with van der Waals surface area (Å²) >= 11 is 0. The van der Waals surface area contributed by atoms with Crippen LogP contribution in [-0.4, -0.2) is 49.0 Å². The predicted molar refractivity (Wildman–Crippen MR) is 98.1 cm³/mol. The van der Waals surface area contributed by atoms with Gasteiger partial charge in [0.2, 0.25) is 0 Å². The Morgan fingerprint density at radius 2 is 1.96 bits per heavy atom. The van der Waals surface area contributed by atoms with Gasteiger partial charge in [-0.05, 0) is 45.7 Å². The summed E-state index contributed by atoms with van der Waals surface area (Å²) in [7, 11) is 0. The molecule has 1 saturated heterocycles. The van der Waals surface area contributed by atoms with Crippen LogP contribution in [0.5, 0.6) is 0 Å². The number of rotatable bonds is 3. The van der Waals surface area contributed by atoms with Crippen LogP contribution in [0.15, 0.2) is 28.9 Å². The van der Waals surface area contributed by atoms with Crippen LogP contribution in [0.2, 0.25) is 0 Å². The lowest BCUT2D eigenvalue weighted by molar-refractivity contribution is 0.0671. The average molecular weight is 366 g/mol. The van der Waals surface area contributed by atoms with E-state index in [4.69, 9.17) is 4.52 Å². The van der Waals surface area contributed by atoms with Crippen LogP contribution in [0.4, 0.5) is 0 Å². The van der Waals surface area contributed by atoms with Gasteiger partial charge in [-0.2, -0.15) is 4.98 Å². The predicted octanol–water partition coefficient (Wildman–Crippen LogP) is 2.73. The van der Waals surface area contributed by atoms with Crippen LogP contribution in [0.3, 0.4) is 0 Å². The van der Waals surface area contributed by atoms with Gasteiger partial charge >= 0.3 is 0 Å². The van der Waals surface area contributed by atoms with Gasteiger partial charge in [0.05, 0.1) is 12.2 Å². The maximum atomic E-state index is 13.0. The molecule has 1 amide bonds. The van der Waals surface area contributed by atoms with Crippen molar-refractivity contribution in [3.05, 3.63) is 46.9 Å². The summed E-state index contributed by atoms with van der Waals surface area (Å²) in [6, 6.07) is 6.06. The number of benzene rings is 1. The molecule has 1 aromatic carbocycles. The molecule has 0 N–H and O–H groups in total. The van der Waals surface area contributed by atoms with Gasteiger partial charge < -0.3 is 9.42 Å². The molecular formula is C19H22N6O2. The van der Waals surface area contributed by atoms with E-state index < -0.39 is 0 Å². The highest BCUT2D eigenvalue weighted by Crippen LogP contribution is 2.24. The molecule has 0 aliphatic carbocycles. The van der Waals surface area contributed by atoms with E-state index in [0.717, 1.165) is 36.1 Å². The Bertz CT molecular complexity index is 956. The molecule has 3 aromatic rings. The minimum atomic E-state index is 0.0689. The number of likely N-dealkylation sites (tertiary alicyclic amines) is 1. The summed E-state index contributed by atoms with van der Waals surface area (Å²) in [5, 5.41) is 12.1. The van der Waals surface area contributed by atoms with E-state index in [1.807, 2.05) is 37.1 Å². The molecule has 1 unspecified atom stereocenters. The maximum absolute atomic E-state index is 13.0. The van der Waals surface area contributed by atoms with Crippen LogP contribution in [0.25, 0.3) is 11.6 Å². The standard InChI is InChI=1S/C19H22N6O2/c1-12-7-13(2)9-15(8-12)19(26)24-6-4-5-16(10-24)25-11-17(21-23-25)18-20-14(3)22-27-18/h7-9,11,16H,4-6,10H2,1-3H3. The molecule has 0 spiro atoms. The minimum absolute atomic E-state index is 0.0689. The fourth-order valence-corrected chi connectivity index (χ4v) is 3.59. The van der Waals surface area contributed by atoms with Crippen molar-refractivity contribution in [1.82, 2.24) is 30.0 Å². The number of hydrogen-bond donors (Lipinski definition) is 0. The van der Waals surface area contributed by atoms with Gasteiger partial charge in [0, 0.05) is 18.7 Å². The lowest BCUT2D eigenvalue weighted by Crippen LogP contribution is -2.40. The fourth-order valence-electron chi connectivity index (χ4n) is 3.59. The van der Waals surface area contributed by atoms with Crippen LogP contribution in [0.1, 0.15) is 46.2 Å². The summed E-state index contributed by atoms with van der Waals surface area (Å²) in [5.41, 5.74) is 3.49. The lowest BCUT2D eigenvalue weighted by Gasteiger charge is -2.32. The monoisotopic (exact) mass is 366 g/mol. The molecule has 8 heteroatoms. The zero-order valence-corrected chi connectivity index (χ0v) is 15.7. The van der Waals surface area contributed by atoms with E-state index in [1.165, 1.54) is 0 Å². The second kappa shape index (κ2) is 6.94. The molecule has 4 rings (SSSR count). The first kappa shape index (κ1) is 17.4. The van der Waals surface area contributed by atoms with Gasteiger partial charge in [-0.15, -0.1) is 5.10 Å². The molecule has 8 nitrogen and oxygen atoms in total. The zero-order valence-electron chi connectivity index (χ0n) is 15.7. The number of carbonyl (C=O) groups is 1. The number of piperidine rings is 1. The Labute approximate surface area is 157 Å². The lowest BCUT2D eigenvalue weighted by atomic mass is 10.0. The maximum Gasteiger partial charge on any atom is 0.280 e. The van der Waals surface area contributed by atoms with Gasteiger partial charge in [0.15, 0.2) is 11.5 Å². The van der Waals surface area contributed by atoms with Crippen molar-refractivity contribution >= 4 is 5.91 Å². The molecule has 140 valence electrons. The number of amides is 1. The minimum Gasteiger partial charge on any atom is -0.337 e. The zero-order chi connectivity index (χ0) is 19.0. The Morgan fingerprint density at radius 1 is 1.19 bits per heavy atom. The smallest absolute Gasteiger partial charge is 0.280 e. The third kappa shape index (κ3) is 3.60. The molecule has 0 saturated carbocycles. The Kier molecular flexibility index (Phi) is 4.47. The fraction of sp³-hybridized carbons (Fsp3) is 0.421. The molecule has 27 heavy (non-hydrogen) atoms. The van der Waals surface area contributed by atoms with Gasteiger partial charge in [0.25, 0.3) is 11.8 Å². The number of aryl methyl sites for hydroxylation is 3. The van der Waals surface area contributed by atoms with Gasteiger partial charge in [-0.25, -0.2) is 4.68 Å². The third-order valence-corrected chi connectivity index (χ3v) is 4.78. The van der Waals surface area contributed by atoms with Crippen molar-refractivity contribution in [3.8, 4) is 11.6 Å². The Morgan fingerprint density at radius 3 is 2.67 bits per heavy atom. The number of aromatic nitrogens is 5. The highest BCUT2D eigenvalue weighted by atomic mass is 16.5. The number of carbonyl (C=O) groups excluding carboxylic acids is 1. The van der Waals surface area contributed by atoms with Crippen molar-refractivity contribution in [2.45, 2.75) is 39.7 Å². The van der Waals surface area contributed by atoms with E-state index in [0.29, 0.717) is 24.0 Å². The summed E-state index contributed by atoms with van der Waals surface area (Å²) in [6.07, 6.45) is 3.68. The highest BCUT2D eigenvalue weighted by molar-refractivity contribution is 5.94. The second-order valence-electron chi connectivity index (χ2n) is 7.15. The summed E-state index contributed by atoms with van der Waals surface area (Å²) < 4.78 is 6.95. The third-order valence-electron chi connectivity index (χ3n) is 4.78. The van der Waals surface area contributed by atoms with Gasteiger partial charge in [-0.1, -0.05) is 27.6 Å². The first-order valence-electron chi connectivity index (χ1n) is 9.09. The van der Waals surface area contributed by atoms with Gasteiger partial charge in [-0.3, -0.25) is 4.79 Å². The molecule has 1 aliphatic heterocycles. The summed E-state index contributed by atoms with van der Waals surface area (Å²) in [4.78, 5) is 19.0. The van der Waals surface area contributed by atoms with E-state index in [1.54, 1.807) is 11.6 Å². The topological polar surface area (TPSA) is 89.9 Å². The van der Waals surface area contributed by atoms with Crippen molar-refractivity contribution in [2.24, 2.45) is 0 Å². The van der Waals surface area contributed by atoms with E-state index in [2.05, 4.69) is 26.5 Å². The molecule has 1 atom stereocenters. The molecule has 0 bridgehead atoms. The van der Waals surface area contributed by atoms with Crippen molar-refractivity contribution in [1.29, 1.82) is 0 Å². The van der Waals surface area contributed by atoms with Crippen molar-refractivity contribution in [2.75, 3.05) is 13.1 Å². The van der Waals surface area contributed by atoms with Crippen molar-refractivity contribution < 1.29 is 9.32 Å². The number of nitrogens with zero attached hydrogens (tertiary/aromatic N) is 6. The van der Waals surface area contributed by atoms with Crippen LogP contribution >= 0.6 is 0 Å². The average Bonchev–Trinajstić information content (AvgIpc) is 3.29. The van der Waals surface area contributed by atoms with E-state index in [9.17, 15) is 4.79 Å². The van der Waals surface area contributed by atoms with Gasteiger partial charge in [0.1, 0.15) is 0 Å². The van der Waals surface area contributed by atoms with Crippen LogP contribution in [0, 0.1) is 20.8 Å². The molecule has 0 radical (unpaired) electrons. The van der Waals surface area contributed by atoms with Crippen LogP contribution in [-0.2, 0) is 0 Å². The largest absolute Gasteiger partial charge is 0.337 e. The number of hydrogen-bond acceptors (Lipinski definition) is 6. The first-order chi connectivity index (χ1) is 13.0.